The van der Waals surface area contributed by atoms with Crippen LogP contribution in [-0.2, 0) is 13.1 Å². The molecule has 0 unspecified atom stereocenters. The second kappa shape index (κ2) is 8.68. The number of methoxy groups -OCH3 is 1. The van der Waals surface area contributed by atoms with Gasteiger partial charge in [0.05, 0.1) is 19.5 Å². The lowest BCUT2D eigenvalue weighted by molar-refractivity contribution is 0.210. The van der Waals surface area contributed by atoms with E-state index >= 15 is 0 Å². The highest BCUT2D eigenvalue weighted by Gasteiger charge is 2.27. The molecule has 1 aliphatic heterocycles. The van der Waals surface area contributed by atoms with Crippen LogP contribution in [0.15, 0.2) is 54.6 Å². The minimum absolute atomic E-state index is 0.214. The number of hydrogen-bond acceptors (Lipinski definition) is 5. The SMILES string of the molecule is COc1cccc(-c2nc3c(n2Cc2ccccc2)CN(CCCO)CN3C)c1. The fraction of sp³-hybridized carbons (Fsp3) is 0.348. The summed E-state index contributed by atoms with van der Waals surface area (Å²) in [7, 11) is 3.77. The minimum atomic E-state index is 0.214. The molecule has 0 fully saturated rings. The van der Waals surface area contributed by atoms with Crippen LogP contribution in [0.2, 0.25) is 0 Å². The van der Waals surface area contributed by atoms with Gasteiger partial charge in [0.15, 0.2) is 5.82 Å². The van der Waals surface area contributed by atoms with E-state index in [1.807, 2.05) is 24.3 Å². The molecule has 0 amide bonds. The predicted molar refractivity (Wildman–Crippen MR) is 115 cm³/mol. The van der Waals surface area contributed by atoms with Crippen molar-refractivity contribution in [1.29, 1.82) is 0 Å². The van der Waals surface area contributed by atoms with Gasteiger partial charge in [-0.05, 0) is 24.1 Å². The minimum Gasteiger partial charge on any atom is -0.497 e. The summed E-state index contributed by atoms with van der Waals surface area (Å²) in [5.74, 6) is 2.81. The standard InChI is InChI=1S/C23H28N4O2/c1-25-17-26(12-7-13-28)16-21-23(25)24-22(19-10-6-11-20(14-19)29-2)27(21)15-18-8-4-3-5-9-18/h3-6,8-11,14,28H,7,12-13,15-17H2,1-2H3. The lowest BCUT2D eigenvalue weighted by Gasteiger charge is -2.34. The summed E-state index contributed by atoms with van der Waals surface area (Å²) in [6.07, 6.45) is 0.777. The van der Waals surface area contributed by atoms with E-state index in [9.17, 15) is 5.11 Å². The number of ether oxygens (including phenoxy) is 1. The van der Waals surface area contributed by atoms with Crippen molar-refractivity contribution in [2.45, 2.75) is 19.5 Å². The summed E-state index contributed by atoms with van der Waals surface area (Å²) in [4.78, 5) is 9.60. The molecule has 6 heteroatoms. The van der Waals surface area contributed by atoms with Gasteiger partial charge in [0.2, 0.25) is 0 Å². The van der Waals surface area contributed by atoms with E-state index in [2.05, 4.69) is 51.7 Å². The first-order valence-electron chi connectivity index (χ1n) is 10.0. The van der Waals surface area contributed by atoms with Crippen LogP contribution < -0.4 is 9.64 Å². The smallest absolute Gasteiger partial charge is 0.152 e. The summed E-state index contributed by atoms with van der Waals surface area (Å²) in [5.41, 5.74) is 3.50. The van der Waals surface area contributed by atoms with Gasteiger partial charge in [-0.15, -0.1) is 0 Å². The Morgan fingerprint density at radius 2 is 1.93 bits per heavy atom. The zero-order chi connectivity index (χ0) is 20.2. The topological polar surface area (TPSA) is 53.8 Å². The molecule has 0 spiro atoms. The van der Waals surface area contributed by atoms with E-state index in [0.29, 0.717) is 0 Å². The third-order valence-corrected chi connectivity index (χ3v) is 5.34. The number of hydrogen-bond donors (Lipinski definition) is 1. The summed E-state index contributed by atoms with van der Waals surface area (Å²) in [6, 6.07) is 18.6. The summed E-state index contributed by atoms with van der Waals surface area (Å²) in [6.45, 7) is 3.48. The Hall–Kier alpha value is -2.83. The van der Waals surface area contributed by atoms with Crippen LogP contribution in [0.5, 0.6) is 5.75 Å². The molecule has 0 atom stereocenters. The first kappa shape index (κ1) is 19.5. The van der Waals surface area contributed by atoms with Gasteiger partial charge in [-0.3, -0.25) is 4.90 Å². The summed E-state index contributed by atoms with van der Waals surface area (Å²) >= 11 is 0. The molecular weight excluding hydrogens is 364 g/mol. The Kier molecular flexibility index (Phi) is 5.83. The Bertz CT molecular complexity index is 955. The molecule has 1 N–H and O–H groups in total. The van der Waals surface area contributed by atoms with Crippen LogP contribution in [0.25, 0.3) is 11.4 Å². The molecule has 2 heterocycles. The molecule has 4 rings (SSSR count). The van der Waals surface area contributed by atoms with Crippen LogP contribution >= 0.6 is 0 Å². The van der Waals surface area contributed by atoms with Crippen LogP contribution in [0.4, 0.5) is 5.82 Å². The second-order valence-corrected chi connectivity index (χ2v) is 7.48. The monoisotopic (exact) mass is 392 g/mol. The molecule has 6 nitrogen and oxygen atoms in total. The van der Waals surface area contributed by atoms with Gasteiger partial charge < -0.3 is 19.3 Å². The molecule has 3 aromatic rings. The number of benzene rings is 2. The third kappa shape index (κ3) is 4.13. The maximum absolute atomic E-state index is 9.24. The lowest BCUT2D eigenvalue weighted by Crippen LogP contribution is -2.41. The quantitative estimate of drug-likeness (QED) is 0.669. The van der Waals surface area contributed by atoms with Gasteiger partial charge >= 0.3 is 0 Å². The van der Waals surface area contributed by atoms with E-state index < -0.39 is 0 Å². The number of imidazole rings is 1. The first-order valence-corrected chi connectivity index (χ1v) is 10.0. The molecule has 152 valence electrons. The Labute approximate surface area is 172 Å². The van der Waals surface area contributed by atoms with Crippen molar-refractivity contribution >= 4 is 5.82 Å². The first-order chi connectivity index (χ1) is 14.2. The molecule has 29 heavy (non-hydrogen) atoms. The van der Waals surface area contributed by atoms with Crippen molar-refractivity contribution < 1.29 is 9.84 Å². The molecule has 0 radical (unpaired) electrons. The van der Waals surface area contributed by atoms with E-state index in [1.54, 1.807) is 7.11 Å². The highest BCUT2D eigenvalue weighted by Crippen LogP contribution is 2.33. The Morgan fingerprint density at radius 3 is 2.69 bits per heavy atom. The Morgan fingerprint density at radius 1 is 1.10 bits per heavy atom. The predicted octanol–water partition coefficient (Wildman–Crippen LogP) is 3.20. The third-order valence-electron chi connectivity index (χ3n) is 5.34. The van der Waals surface area contributed by atoms with Crippen molar-refractivity contribution in [1.82, 2.24) is 14.5 Å². The number of aliphatic hydroxyl groups is 1. The fourth-order valence-electron chi connectivity index (χ4n) is 3.93. The maximum atomic E-state index is 9.24. The van der Waals surface area contributed by atoms with Gasteiger partial charge in [0, 0.05) is 38.9 Å². The molecule has 0 saturated heterocycles. The number of rotatable bonds is 7. The molecule has 1 aromatic heterocycles. The van der Waals surface area contributed by atoms with Crippen LogP contribution in [0, 0.1) is 0 Å². The highest BCUT2D eigenvalue weighted by molar-refractivity contribution is 5.64. The average Bonchev–Trinajstić information content (AvgIpc) is 3.12. The van der Waals surface area contributed by atoms with Crippen molar-refractivity contribution in [3.05, 3.63) is 65.9 Å². The van der Waals surface area contributed by atoms with Crippen LogP contribution in [0.1, 0.15) is 17.7 Å². The lowest BCUT2D eigenvalue weighted by atomic mass is 10.1. The average molecular weight is 393 g/mol. The van der Waals surface area contributed by atoms with Gasteiger partial charge in [-0.2, -0.15) is 0 Å². The van der Waals surface area contributed by atoms with E-state index in [0.717, 1.165) is 55.7 Å². The number of aromatic nitrogens is 2. The van der Waals surface area contributed by atoms with Crippen molar-refractivity contribution in [2.24, 2.45) is 0 Å². The summed E-state index contributed by atoms with van der Waals surface area (Å²) < 4.78 is 7.76. The highest BCUT2D eigenvalue weighted by atomic mass is 16.5. The van der Waals surface area contributed by atoms with E-state index in [1.165, 1.54) is 11.3 Å². The second-order valence-electron chi connectivity index (χ2n) is 7.48. The maximum Gasteiger partial charge on any atom is 0.152 e. The van der Waals surface area contributed by atoms with Crippen LogP contribution in [-0.4, -0.2) is 53.5 Å². The number of anilines is 1. The van der Waals surface area contributed by atoms with Crippen molar-refractivity contribution in [3.63, 3.8) is 0 Å². The molecule has 1 aliphatic rings. The van der Waals surface area contributed by atoms with Gasteiger partial charge in [0.25, 0.3) is 0 Å². The van der Waals surface area contributed by atoms with Gasteiger partial charge in [0.1, 0.15) is 11.6 Å². The Balaban J connectivity index is 1.78. The van der Waals surface area contributed by atoms with E-state index in [4.69, 9.17) is 9.72 Å². The summed E-state index contributed by atoms with van der Waals surface area (Å²) in [5, 5.41) is 9.24. The van der Waals surface area contributed by atoms with E-state index in [-0.39, 0.29) is 6.61 Å². The van der Waals surface area contributed by atoms with Crippen molar-refractivity contribution in [2.75, 3.05) is 38.9 Å². The normalized spacial score (nSPS) is 14.1. The zero-order valence-electron chi connectivity index (χ0n) is 17.1. The number of fused-ring (bicyclic) bond motifs is 1. The fourth-order valence-corrected chi connectivity index (χ4v) is 3.93. The molecule has 0 aliphatic carbocycles. The molecule has 0 bridgehead atoms. The largest absolute Gasteiger partial charge is 0.497 e. The zero-order valence-corrected chi connectivity index (χ0v) is 17.1. The van der Waals surface area contributed by atoms with Crippen molar-refractivity contribution in [3.8, 4) is 17.1 Å². The number of aliphatic hydroxyl groups excluding tert-OH is 1. The molecular formula is C23H28N4O2. The van der Waals surface area contributed by atoms with Gasteiger partial charge in [-0.25, -0.2) is 4.98 Å². The molecule has 2 aromatic carbocycles. The van der Waals surface area contributed by atoms with Crippen LogP contribution in [0.3, 0.4) is 0 Å². The number of nitrogens with zero attached hydrogens (tertiary/aromatic N) is 4. The van der Waals surface area contributed by atoms with Gasteiger partial charge in [-0.1, -0.05) is 42.5 Å². The molecule has 0 saturated carbocycles.